The number of benzene rings is 2. The highest BCUT2D eigenvalue weighted by atomic mass is 127. The summed E-state index contributed by atoms with van der Waals surface area (Å²) < 4.78 is 11.6. The van der Waals surface area contributed by atoms with Gasteiger partial charge in [0, 0.05) is 23.6 Å². The Morgan fingerprint density at radius 3 is 2.63 bits per heavy atom. The maximum absolute atomic E-state index is 13.8. The van der Waals surface area contributed by atoms with E-state index in [1.54, 1.807) is 53.4 Å². The number of hydrogen-bond acceptors (Lipinski definition) is 6. The van der Waals surface area contributed by atoms with Gasteiger partial charge in [0.05, 0.1) is 24.2 Å². The van der Waals surface area contributed by atoms with Crippen LogP contribution in [0.2, 0.25) is 10.0 Å². The monoisotopic (exact) mass is 662 g/mol. The molecule has 6 nitrogen and oxygen atoms in total. The Morgan fingerprint density at radius 2 is 1.94 bits per heavy atom. The highest BCUT2D eigenvalue weighted by molar-refractivity contribution is 14.2. The summed E-state index contributed by atoms with van der Waals surface area (Å²) in [6.07, 6.45) is -0.453. The van der Waals surface area contributed by atoms with Crippen LogP contribution in [0.5, 0.6) is 10.8 Å². The minimum Gasteiger partial charge on any atom is -0.446 e. The average Bonchev–Trinajstić information content (AvgIpc) is 3.21. The Labute approximate surface area is 232 Å². The van der Waals surface area contributed by atoms with E-state index in [0.717, 1.165) is 0 Å². The molecule has 2 aromatic carbocycles. The second kappa shape index (κ2) is 11.8. The van der Waals surface area contributed by atoms with Gasteiger partial charge in [0.25, 0.3) is 5.91 Å². The summed E-state index contributed by atoms with van der Waals surface area (Å²) in [7, 11) is 1.85. The number of carbonyl (C=O) groups excluding carboxylic acids is 1. The van der Waals surface area contributed by atoms with Crippen LogP contribution < -0.4 is 9.64 Å². The van der Waals surface area contributed by atoms with Gasteiger partial charge >= 0.3 is 0 Å². The fourth-order valence-electron chi connectivity index (χ4n) is 3.74. The predicted octanol–water partition coefficient (Wildman–Crippen LogP) is 7.64. The van der Waals surface area contributed by atoms with Gasteiger partial charge in [-0.05, 0) is 64.4 Å². The van der Waals surface area contributed by atoms with E-state index >= 15 is 0 Å². The maximum Gasteiger partial charge on any atom is 0.262 e. The number of aliphatic hydroxyl groups excluding tert-OH is 1. The van der Waals surface area contributed by atoms with E-state index in [2.05, 4.69) is 28.6 Å². The fraction of sp³-hybridized carbons (Fsp3) is 0.208. The predicted molar refractivity (Wildman–Crippen MR) is 153 cm³/mol. The molecule has 0 spiro atoms. The molecule has 2 unspecified atom stereocenters. The number of ether oxygens (including phenoxy) is 1. The molecule has 2 atom stereocenters. The van der Waals surface area contributed by atoms with Crippen LogP contribution in [0.1, 0.15) is 34.0 Å². The number of anilines is 1. The molecule has 2 heterocycles. The van der Waals surface area contributed by atoms with Crippen LogP contribution in [0.25, 0.3) is 0 Å². The number of thiophene rings is 1. The molecule has 184 valence electrons. The lowest BCUT2D eigenvalue weighted by atomic mass is 9.98. The number of hydrogen-bond donors (Lipinski definition) is 1. The van der Waals surface area contributed by atoms with Gasteiger partial charge in [-0.1, -0.05) is 59.3 Å². The first-order chi connectivity index (χ1) is 16.8. The highest BCUT2D eigenvalue weighted by Crippen LogP contribution is 2.51. The molecule has 1 aromatic heterocycles. The van der Waals surface area contributed by atoms with Gasteiger partial charge in [0.15, 0.2) is 5.06 Å². The van der Waals surface area contributed by atoms with E-state index in [0.29, 0.717) is 74.4 Å². The molecule has 35 heavy (non-hydrogen) atoms. The first-order valence-corrected chi connectivity index (χ1v) is 16.2. The van der Waals surface area contributed by atoms with Crippen LogP contribution in [0.15, 0.2) is 60.9 Å². The zero-order chi connectivity index (χ0) is 25.1. The van der Waals surface area contributed by atoms with Crippen LogP contribution in [0, 0.1) is 0 Å². The van der Waals surface area contributed by atoms with Crippen molar-refractivity contribution in [1.29, 1.82) is 0 Å². The number of halogens is 3. The summed E-state index contributed by atoms with van der Waals surface area (Å²) in [5.41, 5.74) is 1.38. The van der Waals surface area contributed by atoms with Crippen LogP contribution in [0.4, 0.5) is 5.00 Å². The fourth-order valence-corrected chi connectivity index (χ4v) is 6.11. The third kappa shape index (κ3) is 5.80. The van der Waals surface area contributed by atoms with Crippen molar-refractivity contribution in [2.75, 3.05) is 25.1 Å². The van der Waals surface area contributed by atoms with Crippen LogP contribution in [0.3, 0.4) is 0 Å². The van der Waals surface area contributed by atoms with E-state index in [4.69, 9.17) is 32.5 Å². The van der Waals surface area contributed by atoms with E-state index in [1.165, 1.54) is 11.3 Å². The average molecular weight is 663 g/mol. The van der Waals surface area contributed by atoms with Gasteiger partial charge in [-0.3, -0.25) is 9.69 Å². The molecule has 1 N–H and O–H groups in total. The van der Waals surface area contributed by atoms with Crippen molar-refractivity contribution in [3.8, 4) is 10.8 Å². The Balaban J connectivity index is 1.79. The second-order valence-electron chi connectivity index (χ2n) is 7.71. The smallest absolute Gasteiger partial charge is 0.262 e. The summed E-state index contributed by atoms with van der Waals surface area (Å²) in [6, 6.07) is 13.8. The van der Waals surface area contributed by atoms with Gasteiger partial charge < -0.3 is 19.3 Å². The molecule has 1 aliphatic heterocycles. The first kappa shape index (κ1) is 26.7. The van der Waals surface area contributed by atoms with Crippen LogP contribution in [-0.2, 0) is 4.52 Å². The van der Waals surface area contributed by atoms with Crippen molar-refractivity contribution >= 4 is 73.9 Å². The van der Waals surface area contributed by atoms with Crippen molar-refractivity contribution in [3.63, 3.8) is 0 Å². The third-order valence-corrected chi connectivity index (χ3v) is 8.40. The summed E-state index contributed by atoms with van der Waals surface area (Å²) in [4.78, 5) is 17.2. The lowest BCUT2D eigenvalue weighted by Gasteiger charge is -2.36. The highest BCUT2D eigenvalue weighted by Gasteiger charge is 2.39. The molecule has 3 aromatic rings. The van der Waals surface area contributed by atoms with E-state index in [-0.39, 0.29) is 5.91 Å². The Bertz CT molecular complexity index is 1240. The van der Waals surface area contributed by atoms with Gasteiger partial charge in [0.1, 0.15) is 22.7 Å². The number of carbonyl (C=O) groups is 1. The molecule has 1 amide bonds. The minimum atomic E-state index is -1.12. The zero-order valence-electron chi connectivity index (χ0n) is 18.6. The summed E-state index contributed by atoms with van der Waals surface area (Å²) in [6.45, 7) is 5.48. The lowest BCUT2D eigenvalue weighted by molar-refractivity contribution is 0.0783. The second-order valence-corrected chi connectivity index (χ2v) is 11.3. The first-order valence-electron chi connectivity index (χ1n) is 10.6. The Kier molecular flexibility index (Phi) is 8.97. The molecule has 0 bridgehead atoms. The van der Waals surface area contributed by atoms with Gasteiger partial charge in [-0.2, -0.15) is 0 Å². The van der Waals surface area contributed by atoms with Crippen molar-refractivity contribution < 1.29 is 19.2 Å². The number of aliphatic hydroxyl groups is 1. The molecular formula is C24H22Cl2IN2O4PS. The van der Waals surface area contributed by atoms with Crippen LogP contribution >= 0.6 is 63.0 Å². The van der Waals surface area contributed by atoms with E-state index in [1.807, 2.05) is 11.9 Å². The number of amides is 1. The normalized spacial score (nSPS) is 14.7. The lowest BCUT2D eigenvalue weighted by Crippen LogP contribution is -2.43. The van der Waals surface area contributed by atoms with Crippen LogP contribution in [-0.4, -0.2) is 36.1 Å². The van der Waals surface area contributed by atoms with E-state index in [9.17, 15) is 9.90 Å². The molecule has 4 rings (SSSR count). The van der Waals surface area contributed by atoms with Gasteiger partial charge in [0.2, 0.25) is 0 Å². The molecule has 0 saturated carbocycles. The maximum atomic E-state index is 13.8. The molecule has 1 aliphatic rings. The summed E-state index contributed by atoms with van der Waals surface area (Å²) in [5, 5.41) is 13.6. The number of fused-ring (bicyclic) bond motifs is 1. The molecular weight excluding hydrogens is 641 g/mol. The van der Waals surface area contributed by atoms with Gasteiger partial charge in [-0.15, -0.1) is 0 Å². The molecule has 0 saturated heterocycles. The third-order valence-electron chi connectivity index (χ3n) is 5.50. The molecule has 0 fully saturated rings. The van der Waals surface area contributed by atoms with Crippen molar-refractivity contribution in [1.82, 2.24) is 4.90 Å². The van der Waals surface area contributed by atoms with Gasteiger partial charge in [-0.25, -0.2) is 0 Å². The molecule has 0 aliphatic carbocycles. The minimum absolute atomic E-state index is 0.236. The van der Waals surface area contributed by atoms with Crippen molar-refractivity contribution in [2.45, 2.75) is 12.5 Å². The summed E-state index contributed by atoms with van der Waals surface area (Å²) >= 11 is 15.7. The topological polar surface area (TPSA) is 62.2 Å². The standard InChI is InChI=1S/C24H22Cl2IN2O4PS/c1-14-28(2)23-20(22(31)29(14)11-4-12-32-34-27)19(21(30)15-7-9-16(25)10-8-15)24(35-23)33-18-6-3-5-17(26)13-18/h3,5-10,13,21,30,34H,1,4,11-12H2,2H3. The number of rotatable bonds is 9. The van der Waals surface area contributed by atoms with Crippen molar-refractivity contribution in [2.24, 2.45) is 0 Å². The molecule has 0 radical (unpaired) electrons. The van der Waals surface area contributed by atoms with E-state index < -0.39 is 6.10 Å². The zero-order valence-corrected chi connectivity index (χ0v) is 24.1. The Morgan fingerprint density at radius 1 is 1.20 bits per heavy atom. The van der Waals surface area contributed by atoms with Crippen molar-refractivity contribution in [3.05, 3.63) is 87.7 Å². The Hall–Kier alpha value is -1.39. The molecule has 11 heteroatoms. The SMILES string of the molecule is C=C1N(CCCOPI)C(=O)c2c(sc(Oc3cccc(Cl)c3)c2C(O)c2ccc(Cl)cc2)N1C. The quantitative estimate of drug-likeness (QED) is 0.145. The summed E-state index contributed by atoms with van der Waals surface area (Å²) in [5.74, 6) is 0.825. The largest absolute Gasteiger partial charge is 0.446 e. The number of nitrogens with zero attached hydrogens (tertiary/aromatic N) is 2.